The quantitative estimate of drug-likeness (QED) is 0.479. The second-order valence-electron chi connectivity index (χ2n) is 7.64. The Morgan fingerprint density at radius 2 is 2.06 bits per heavy atom. The highest BCUT2D eigenvalue weighted by Gasteiger charge is 2.26. The van der Waals surface area contributed by atoms with Crippen molar-refractivity contribution >= 4 is 45.5 Å². The molecule has 3 heterocycles. The fourth-order valence-corrected chi connectivity index (χ4v) is 4.29. The summed E-state index contributed by atoms with van der Waals surface area (Å²) < 4.78 is 12.6. The van der Waals surface area contributed by atoms with Crippen LogP contribution in [-0.4, -0.2) is 46.8 Å². The number of fused-ring (bicyclic) bond motifs is 2. The minimum Gasteiger partial charge on any atom is -0.495 e. The number of benzene rings is 2. The third-order valence-electron chi connectivity index (χ3n) is 5.63. The standard InChI is InChI=1S/C23H22ClN5O3/c1-31-18-9-8-13(11-15(18)24)29-21(25)19(23(30)26-12-14-5-4-10-32-14)20-22(29)28-17-7-3-2-6-16(17)27-20/h2-3,6-9,11,14H,4-5,10,12,25H2,1H3,(H,26,30)/t14-/m0/s1. The number of rotatable bonds is 5. The highest BCUT2D eigenvalue weighted by Crippen LogP contribution is 2.34. The van der Waals surface area contributed by atoms with E-state index in [0.29, 0.717) is 45.2 Å². The summed E-state index contributed by atoms with van der Waals surface area (Å²) in [6.07, 6.45) is 1.94. The van der Waals surface area contributed by atoms with E-state index in [1.54, 1.807) is 23.8 Å². The van der Waals surface area contributed by atoms with Crippen molar-refractivity contribution in [3.8, 4) is 11.4 Å². The zero-order valence-electron chi connectivity index (χ0n) is 17.5. The molecule has 1 atom stereocenters. The highest BCUT2D eigenvalue weighted by molar-refractivity contribution is 6.32. The molecule has 164 valence electrons. The van der Waals surface area contributed by atoms with Crippen molar-refractivity contribution in [2.24, 2.45) is 0 Å². The largest absolute Gasteiger partial charge is 0.495 e. The third kappa shape index (κ3) is 3.51. The number of aromatic nitrogens is 3. The molecule has 1 amide bonds. The van der Waals surface area contributed by atoms with Crippen LogP contribution in [0.3, 0.4) is 0 Å². The van der Waals surface area contributed by atoms with Gasteiger partial charge in [0, 0.05) is 13.2 Å². The molecule has 1 aliphatic rings. The highest BCUT2D eigenvalue weighted by atomic mass is 35.5. The molecule has 8 nitrogen and oxygen atoms in total. The minimum atomic E-state index is -0.314. The van der Waals surface area contributed by atoms with Crippen LogP contribution in [0.1, 0.15) is 23.2 Å². The first-order valence-corrected chi connectivity index (χ1v) is 10.7. The van der Waals surface area contributed by atoms with Gasteiger partial charge in [0.1, 0.15) is 22.6 Å². The van der Waals surface area contributed by atoms with Crippen LogP contribution in [0, 0.1) is 0 Å². The summed E-state index contributed by atoms with van der Waals surface area (Å²) >= 11 is 6.36. The van der Waals surface area contributed by atoms with Crippen LogP contribution in [0.2, 0.25) is 5.02 Å². The molecule has 1 aliphatic heterocycles. The first kappa shape index (κ1) is 20.5. The number of halogens is 1. The molecule has 9 heteroatoms. The van der Waals surface area contributed by atoms with E-state index in [1.165, 1.54) is 0 Å². The van der Waals surface area contributed by atoms with E-state index in [4.69, 9.17) is 36.8 Å². The van der Waals surface area contributed by atoms with Gasteiger partial charge in [0.05, 0.1) is 35.0 Å². The molecule has 0 unspecified atom stereocenters. The van der Waals surface area contributed by atoms with Gasteiger partial charge in [-0.2, -0.15) is 0 Å². The van der Waals surface area contributed by atoms with Gasteiger partial charge in [0.25, 0.3) is 5.91 Å². The summed E-state index contributed by atoms with van der Waals surface area (Å²) in [5, 5.41) is 3.37. The molecule has 2 aromatic carbocycles. The van der Waals surface area contributed by atoms with Gasteiger partial charge in [0.15, 0.2) is 5.65 Å². The molecule has 1 fully saturated rings. The molecular weight excluding hydrogens is 430 g/mol. The van der Waals surface area contributed by atoms with Crippen LogP contribution in [0.4, 0.5) is 5.82 Å². The van der Waals surface area contributed by atoms with E-state index in [0.717, 1.165) is 19.4 Å². The van der Waals surface area contributed by atoms with E-state index in [2.05, 4.69) is 5.32 Å². The van der Waals surface area contributed by atoms with Crippen LogP contribution in [0.15, 0.2) is 42.5 Å². The normalized spacial score (nSPS) is 16.0. The minimum absolute atomic E-state index is 0.0147. The van der Waals surface area contributed by atoms with E-state index in [9.17, 15) is 4.79 Å². The van der Waals surface area contributed by atoms with Gasteiger partial charge in [0.2, 0.25) is 0 Å². The molecule has 2 aromatic heterocycles. The molecule has 0 bridgehead atoms. The number of nitrogen functional groups attached to an aromatic ring is 1. The molecule has 0 radical (unpaired) electrons. The molecule has 0 aliphatic carbocycles. The van der Waals surface area contributed by atoms with Gasteiger partial charge in [-0.1, -0.05) is 23.7 Å². The number of carbonyl (C=O) groups excluding carboxylic acids is 1. The molecule has 0 spiro atoms. The van der Waals surface area contributed by atoms with Crippen molar-refractivity contribution in [1.82, 2.24) is 19.9 Å². The Balaban J connectivity index is 1.67. The fraction of sp³-hybridized carbons (Fsp3) is 0.261. The maximum absolute atomic E-state index is 13.2. The number of hydrogen-bond donors (Lipinski definition) is 2. The topological polar surface area (TPSA) is 104 Å². The van der Waals surface area contributed by atoms with Crippen molar-refractivity contribution in [2.75, 3.05) is 26.0 Å². The van der Waals surface area contributed by atoms with Crippen LogP contribution in [-0.2, 0) is 4.74 Å². The summed E-state index contributed by atoms with van der Waals surface area (Å²) in [6.45, 7) is 1.14. The molecule has 5 rings (SSSR count). The van der Waals surface area contributed by atoms with Crippen molar-refractivity contribution in [3.05, 3.63) is 53.1 Å². The molecule has 1 saturated heterocycles. The average Bonchev–Trinajstić information content (AvgIpc) is 3.41. The van der Waals surface area contributed by atoms with Gasteiger partial charge in [-0.25, -0.2) is 9.97 Å². The molecule has 4 aromatic rings. The Labute approximate surface area is 189 Å². The summed E-state index contributed by atoms with van der Waals surface area (Å²) in [6, 6.07) is 12.8. The molecule has 32 heavy (non-hydrogen) atoms. The van der Waals surface area contributed by atoms with Gasteiger partial charge in [-0.05, 0) is 43.2 Å². The second-order valence-corrected chi connectivity index (χ2v) is 8.05. The first-order valence-electron chi connectivity index (χ1n) is 10.4. The number of carbonyl (C=O) groups is 1. The predicted molar refractivity (Wildman–Crippen MR) is 124 cm³/mol. The number of anilines is 1. The number of nitrogens with zero attached hydrogens (tertiary/aromatic N) is 3. The maximum atomic E-state index is 13.2. The van der Waals surface area contributed by atoms with E-state index >= 15 is 0 Å². The second kappa shape index (κ2) is 8.29. The zero-order valence-corrected chi connectivity index (χ0v) is 18.2. The van der Waals surface area contributed by atoms with Gasteiger partial charge < -0.3 is 20.5 Å². The maximum Gasteiger partial charge on any atom is 0.257 e. The van der Waals surface area contributed by atoms with E-state index < -0.39 is 0 Å². The zero-order chi connectivity index (χ0) is 22.2. The first-order chi connectivity index (χ1) is 15.6. The number of amides is 1. The van der Waals surface area contributed by atoms with Crippen molar-refractivity contribution < 1.29 is 14.3 Å². The van der Waals surface area contributed by atoms with E-state index in [-0.39, 0.29) is 23.4 Å². The van der Waals surface area contributed by atoms with Gasteiger partial charge in [-0.3, -0.25) is 9.36 Å². The third-order valence-corrected chi connectivity index (χ3v) is 5.93. The predicted octanol–water partition coefficient (Wildman–Crippen LogP) is 3.73. The number of nitrogens with one attached hydrogen (secondary N) is 1. The Morgan fingerprint density at radius 3 is 2.75 bits per heavy atom. The molecule has 0 saturated carbocycles. The van der Waals surface area contributed by atoms with Crippen LogP contribution in [0.25, 0.3) is 27.9 Å². The van der Waals surface area contributed by atoms with Crippen LogP contribution < -0.4 is 15.8 Å². The van der Waals surface area contributed by atoms with Gasteiger partial charge >= 0.3 is 0 Å². The monoisotopic (exact) mass is 451 g/mol. The lowest BCUT2D eigenvalue weighted by Crippen LogP contribution is -2.32. The summed E-state index contributed by atoms with van der Waals surface area (Å²) in [5.74, 6) is 0.462. The summed E-state index contributed by atoms with van der Waals surface area (Å²) in [5.41, 5.74) is 9.75. The van der Waals surface area contributed by atoms with Crippen LogP contribution in [0.5, 0.6) is 5.75 Å². The lowest BCUT2D eigenvalue weighted by atomic mass is 10.2. The number of ether oxygens (including phenoxy) is 2. The number of hydrogen-bond acceptors (Lipinski definition) is 6. The fourth-order valence-electron chi connectivity index (χ4n) is 4.04. The summed E-state index contributed by atoms with van der Waals surface area (Å²) in [7, 11) is 1.55. The Bertz CT molecular complexity index is 1330. The van der Waals surface area contributed by atoms with Crippen molar-refractivity contribution in [1.29, 1.82) is 0 Å². The van der Waals surface area contributed by atoms with Gasteiger partial charge in [-0.15, -0.1) is 0 Å². The Kier molecular flexibility index (Phi) is 5.32. The lowest BCUT2D eigenvalue weighted by Gasteiger charge is -2.12. The number of nitrogens with two attached hydrogens (primary N) is 1. The van der Waals surface area contributed by atoms with Crippen molar-refractivity contribution in [3.63, 3.8) is 0 Å². The summed E-state index contributed by atoms with van der Waals surface area (Å²) in [4.78, 5) is 22.7. The lowest BCUT2D eigenvalue weighted by molar-refractivity contribution is 0.0859. The smallest absolute Gasteiger partial charge is 0.257 e. The SMILES string of the molecule is COc1ccc(-n2c(N)c(C(=O)NC[C@@H]3CCCO3)c3nc4ccccc4nc32)cc1Cl. The van der Waals surface area contributed by atoms with E-state index in [1.807, 2.05) is 30.3 Å². The molecule has 3 N–H and O–H groups in total. The Hall–Kier alpha value is -3.36. The van der Waals surface area contributed by atoms with Crippen LogP contribution >= 0.6 is 11.6 Å². The van der Waals surface area contributed by atoms with Crippen molar-refractivity contribution in [2.45, 2.75) is 18.9 Å². The Morgan fingerprint density at radius 1 is 1.28 bits per heavy atom. The molecular formula is C23H22ClN5O3. The number of para-hydroxylation sites is 2. The number of methoxy groups -OCH3 is 1. The average molecular weight is 452 g/mol.